The van der Waals surface area contributed by atoms with Crippen molar-refractivity contribution >= 4 is 43.4 Å². The zero-order chi connectivity index (χ0) is 54.7. The van der Waals surface area contributed by atoms with E-state index < -0.39 is 52.2 Å². The van der Waals surface area contributed by atoms with E-state index in [0.717, 1.165) is 24.0 Å². The molecule has 77 heavy (non-hydrogen) atoms. The van der Waals surface area contributed by atoms with Crippen LogP contribution in [-0.4, -0.2) is 144 Å². The van der Waals surface area contributed by atoms with Crippen molar-refractivity contribution in [1.29, 1.82) is 10.5 Å². The first-order valence-electron chi connectivity index (χ1n) is 26.5. The number of nitrogens with one attached hydrogen (secondary N) is 1. The number of rotatable bonds is 18. The van der Waals surface area contributed by atoms with Gasteiger partial charge in [0, 0.05) is 50.4 Å². The lowest BCUT2D eigenvalue weighted by molar-refractivity contribution is 0.0514. The Balaban J connectivity index is 0.000000150. The highest BCUT2D eigenvalue weighted by Crippen LogP contribution is 2.52. The van der Waals surface area contributed by atoms with Crippen molar-refractivity contribution in [2.24, 2.45) is 5.73 Å². The summed E-state index contributed by atoms with van der Waals surface area (Å²) < 4.78 is 58.1. The maximum absolute atomic E-state index is 13.7. The molecule has 0 spiro atoms. The number of aliphatic hydroxyl groups is 2. The summed E-state index contributed by atoms with van der Waals surface area (Å²) in [5.74, 6) is -1.65. The van der Waals surface area contributed by atoms with Gasteiger partial charge >= 0.3 is 5.97 Å². The van der Waals surface area contributed by atoms with Gasteiger partial charge in [0.15, 0.2) is 31.1 Å². The lowest BCUT2D eigenvalue weighted by Crippen LogP contribution is -2.47. The van der Waals surface area contributed by atoms with Gasteiger partial charge in [-0.2, -0.15) is 20.7 Å². The minimum atomic E-state index is -3.27. The summed E-state index contributed by atoms with van der Waals surface area (Å²) in [6.45, 7) is 3.94. The van der Waals surface area contributed by atoms with Gasteiger partial charge in [-0.25, -0.2) is 21.6 Å². The second-order valence-corrected chi connectivity index (χ2v) is 27.4. The number of nitrogens with zero attached hydrogens (tertiary/aromatic N) is 8. The van der Waals surface area contributed by atoms with Crippen molar-refractivity contribution in [3.8, 4) is 12.1 Å². The fraction of sp³-hybridized carbons (Fsp3) is 0.556. The van der Waals surface area contributed by atoms with E-state index in [9.17, 15) is 46.2 Å². The molecule has 2 aromatic heterocycles. The van der Waals surface area contributed by atoms with E-state index in [1.54, 1.807) is 53.1 Å². The molecule has 6 aliphatic carbocycles. The molecule has 4 heterocycles. The van der Waals surface area contributed by atoms with E-state index in [1.807, 2.05) is 18.2 Å². The molecule has 0 saturated heterocycles. The van der Waals surface area contributed by atoms with Crippen LogP contribution in [0.1, 0.15) is 159 Å². The quantitative estimate of drug-likeness (QED) is 0.104. The Kier molecular flexibility index (Phi) is 14.3. The van der Waals surface area contributed by atoms with Crippen molar-refractivity contribution in [3.63, 3.8) is 0 Å². The number of ether oxygens (including phenoxy) is 1. The number of carbonyl (C=O) groups excluding carboxylic acids is 4. The third kappa shape index (κ3) is 11.0. The predicted molar refractivity (Wildman–Crippen MR) is 277 cm³/mol. The third-order valence-corrected chi connectivity index (χ3v) is 22.3. The minimum absolute atomic E-state index is 0.114. The predicted octanol–water partition coefficient (Wildman–Crippen LogP) is 3.03. The highest BCUT2D eigenvalue weighted by Gasteiger charge is 2.62. The van der Waals surface area contributed by atoms with Gasteiger partial charge in [-0.1, -0.05) is 24.3 Å². The highest BCUT2D eigenvalue weighted by atomic mass is 32.2. The van der Waals surface area contributed by atoms with Crippen LogP contribution in [0.3, 0.4) is 0 Å². The van der Waals surface area contributed by atoms with E-state index in [0.29, 0.717) is 119 Å². The number of benzene rings is 2. The van der Waals surface area contributed by atoms with Crippen LogP contribution in [0.5, 0.6) is 0 Å². The topological polar surface area (TPSA) is 314 Å². The van der Waals surface area contributed by atoms with Crippen LogP contribution < -0.4 is 11.1 Å². The van der Waals surface area contributed by atoms with E-state index in [4.69, 9.17) is 21.0 Å². The molecule has 12 rings (SSSR count). The van der Waals surface area contributed by atoms with Crippen LogP contribution in [-0.2, 0) is 63.4 Å². The zero-order valence-electron chi connectivity index (χ0n) is 43.1. The number of esters is 1. The van der Waals surface area contributed by atoms with Crippen molar-refractivity contribution in [2.75, 3.05) is 32.8 Å². The molecule has 2 aromatic carbocycles. The molecular weight excluding hydrogens is 1030 g/mol. The highest BCUT2D eigenvalue weighted by molar-refractivity contribution is 7.94. The molecule has 0 atom stereocenters. The number of nitriles is 2. The van der Waals surface area contributed by atoms with Crippen LogP contribution in [0.25, 0.3) is 0 Å². The maximum atomic E-state index is 13.7. The van der Waals surface area contributed by atoms with Gasteiger partial charge < -0.3 is 35.8 Å². The van der Waals surface area contributed by atoms with Crippen LogP contribution in [0.2, 0.25) is 0 Å². The Bertz CT molecular complexity index is 3320. The van der Waals surface area contributed by atoms with Gasteiger partial charge in [0.05, 0.1) is 74.2 Å². The van der Waals surface area contributed by atoms with Crippen molar-refractivity contribution in [3.05, 3.63) is 105 Å². The van der Waals surface area contributed by atoms with Crippen LogP contribution >= 0.6 is 0 Å². The molecule has 8 aliphatic rings. The van der Waals surface area contributed by atoms with Crippen LogP contribution in [0.4, 0.5) is 0 Å². The average Bonchev–Trinajstić information content (AvgIpc) is 4.23. The smallest absolute Gasteiger partial charge is 0.359 e. The monoisotopic (exact) mass is 1090 g/mol. The molecule has 0 radical (unpaired) electrons. The van der Waals surface area contributed by atoms with Crippen molar-refractivity contribution in [2.45, 2.75) is 154 Å². The molecule has 6 fully saturated rings. The first-order chi connectivity index (χ1) is 36.7. The molecule has 3 amide bonds. The Hall–Kier alpha value is -6.50. The number of hydrogen-bond acceptors (Lipinski definition) is 16. The molecule has 2 aliphatic heterocycles. The van der Waals surface area contributed by atoms with Gasteiger partial charge in [-0.15, -0.1) is 0 Å². The van der Waals surface area contributed by atoms with Crippen molar-refractivity contribution in [1.82, 2.24) is 34.7 Å². The maximum Gasteiger partial charge on any atom is 0.359 e. The SMILES string of the molecule is CCOC(=O)c1nn(CC2(O)CC2)c2c1CCN(CC1(S(=O)(=O)C3CC3)CC1)C2=O.N#Cc1ccc(CN)cc1.N#Cc1ccc(CNC(=O)c2nn(CC3(O)CC3)c3c2CCN(CC2(S(=O)(=O)C4CC4)CC2)C3=O)cc1. The standard InChI is InChI=1S/C26H29N5O5S.C20H27N3O6S.C8H8N2/c27-13-17-1-3-18(4-2-17)14-28-23(32)21-20-7-12-30(16-26(10-11-26)37(35,36)19-5-6-19)24(33)22(20)31(29-21)15-25(34)8-9-25;1-2-29-18(25)15-14-5-10-22(12-20(8-9-20)30(27,28)13-3-4-13)17(24)16(14)23(21-15)11-19(26)6-7-19;9-5-7-1-2-8(6-10)4-3-7/h1-4,19,34H,5-12,14-16H2,(H,28,32);13,26H,2-12H2,1H3;1-4H,5,9H2. The van der Waals surface area contributed by atoms with Gasteiger partial charge in [0.25, 0.3) is 17.7 Å². The Morgan fingerprint density at radius 2 is 1.09 bits per heavy atom. The molecule has 408 valence electrons. The fourth-order valence-corrected chi connectivity index (χ4v) is 15.3. The number of fused-ring (bicyclic) bond motifs is 2. The van der Waals surface area contributed by atoms with E-state index in [-0.39, 0.29) is 84.4 Å². The summed E-state index contributed by atoms with van der Waals surface area (Å²) in [6, 6.07) is 18.2. The molecule has 6 saturated carbocycles. The molecule has 21 nitrogen and oxygen atoms in total. The first-order valence-corrected chi connectivity index (χ1v) is 29.6. The van der Waals surface area contributed by atoms with Gasteiger partial charge in [-0.3, -0.25) is 23.7 Å². The second-order valence-electron chi connectivity index (χ2n) is 22.1. The minimum Gasteiger partial charge on any atom is -0.461 e. The summed E-state index contributed by atoms with van der Waals surface area (Å²) >= 11 is 0. The van der Waals surface area contributed by atoms with E-state index in [2.05, 4.69) is 21.6 Å². The molecule has 0 unspecified atom stereocenters. The summed E-state index contributed by atoms with van der Waals surface area (Å²) in [6.07, 6.45) is 8.42. The van der Waals surface area contributed by atoms with Gasteiger partial charge in [-0.05, 0) is 132 Å². The molecule has 5 N–H and O–H groups in total. The Morgan fingerprint density at radius 3 is 1.47 bits per heavy atom. The molecule has 23 heteroatoms. The summed E-state index contributed by atoms with van der Waals surface area (Å²) in [5.41, 5.74) is 8.51. The molecule has 4 aromatic rings. The average molecular weight is 1090 g/mol. The Morgan fingerprint density at radius 1 is 0.675 bits per heavy atom. The Labute approximate surface area is 447 Å². The molecular formula is C54H64N10O11S2. The summed E-state index contributed by atoms with van der Waals surface area (Å²) in [5, 5.41) is 49.5. The van der Waals surface area contributed by atoms with Gasteiger partial charge in [0.2, 0.25) is 0 Å². The number of amides is 3. The number of carbonyl (C=O) groups is 4. The number of sulfone groups is 2. The first kappa shape index (κ1) is 53.9. The number of aromatic nitrogens is 4. The fourth-order valence-electron chi connectivity index (χ4n) is 10.4. The molecule has 0 bridgehead atoms. The van der Waals surface area contributed by atoms with Gasteiger partial charge in [0.1, 0.15) is 11.4 Å². The summed E-state index contributed by atoms with van der Waals surface area (Å²) in [4.78, 5) is 55.8. The lowest BCUT2D eigenvalue weighted by atomic mass is 10.0. The third-order valence-electron chi connectivity index (χ3n) is 16.1. The van der Waals surface area contributed by atoms with Crippen molar-refractivity contribution < 1.29 is 51.0 Å². The lowest BCUT2D eigenvalue weighted by Gasteiger charge is -2.31. The normalized spacial score (nSPS) is 20.6. The second kappa shape index (κ2) is 20.4. The van der Waals surface area contributed by atoms with Crippen LogP contribution in [0, 0.1) is 22.7 Å². The number of hydrogen-bond donors (Lipinski definition) is 4. The largest absolute Gasteiger partial charge is 0.461 e. The van der Waals surface area contributed by atoms with Crippen LogP contribution in [0.15, 0.2) is 48.5 Å². The zero-order valence-corrected chi connectivity index (χ0v) is 44.7. The summed E-state index contributed by atoms with van der Waals surface area (Å²) in [7, 11) is -6.50. The van der Waals surface area contributed by atoms with E-state index >= 15 is 0 Å². The number of nitrogens with two attached hydrogens (primary N) is 1. The van der Waals surface area contributed by atoms with E-state index in [1.165, 1.54) is 9.36 Å².